The highest BCUT2D eigenvalue weighted by molar-refractivity contribution is 5.42. The molecule has 3 heteroatoms. The van der Waals surface area contributed by atoms with Crippen molar-refractivity contribution in [2.24, 2.45) is 5.73 Å². The van der Waals surface area contributed by atoms with E-state index in [-0.39, 0.29) is 11.7 Å². The number of rotatable bonds is 2. The fourth-order valence-electron chi connectivity index (χ4n) is 2.40. The van der Waals surface area contributed by atoms with Crippen molar-refractivity contribution in [2.45, 2.75) is 25.2 Å². The third-order valence-corrected chi connectivity index (χ3v) is 3.31. The number of halogens is 1. The maximum atomic E-state index is 12.0. The van der Waals surface area contributed by atoms with E-state index in [2.05, 4.69) is 11.5 Å². The van der Waals surface area contributed by atoms with Crippen molar-refractivity contribution in [3.8, 4) is 5.75 Å². The number of nitrogens with two attached hydrogens (primary N) is 1. The largest absolute Gasteiger partial charge is 0.404 e. The molecule has 0 radical (unpaired) electrons. The Hall–Kier alpha value is -1.77. The van der Waals surface area contributed by atoms with Crippen LogP contribution >= 0.6 is 0 Å². The molecule has 1 aliphatic carbocycles. The smallest absolute Gasteiger partial charge is 0.171 e. The lowest BCUT2D eigenvalue weighted by Gasteiger charge is -2.27. The van der Waals surface area contributed by atoms with Gasteiger partial charge in [-0.05, 0) is 54.3 Å². The van der Waals surface area contributed by atoms with Gasteiger partial charge in [0, 0.05) is 10.4 Å². The summed E-state index contributed by atoms with van der Waals surface area (Å²) in [5, 5.41) is 0. The van der Waals surface area contributed by atoms with Gasteiger partial charge in [0.1, 0.15) is 0 Å². The standard InChI is InChI=1S/C14H16FNO/c1-10-3-2-4-13(14(10)9-16)11-5-7-12(17-15)8-6-11/h5-9,13H,1-4,16H2/b14-9+. The highest BCUT2D eigenvalue weighted by Crippen LogP contribution is 2.39. The molecule has 1 atom stereocenters. The van der Waals surface area contributed by atoms with Crippen LogP contribution in [-0.2, 0) is 0 Å². The van der Waals surface area contributed by atoms with Crippen LogP contribution in [0.25, 0.3) is 0 Å². The maximum Gasteiger partial charge on any atom is 0.171 e. The van der Waals surface area contributed by atoms with Gasteiger partial charge in [0.15, 0.2) is 5.75 Å². The summed E-state index contributed by atoms with van der Waals surface area (Å²) in [5.74, 6) is 0.497. The van der Waals surface area contributed by atoms with Crippen LogP contribution in [0.1, 0.15) is 30.7 Å². The van der Waals surface area contributed by atoms with Crippen LogP contribution in [0.2, 0.25) is 0 Å². The van der Waals surface area contributed by atoms with E-state index in [0.29, 0.717) is 0 Å². The van der Waals surface area contributed by atoms with Crippen molar-refractivity contribution < 1.29 is 9.47 Å². The minimum atomic E-state index is 0.224. The summed E-state index contributed by atoms with van der Waals surface area (Å²) in [6, 6.07) is 7.00. The Morgan fingerprint density at radius 3 is 2.65 bits per heavy atom. The molecule has 0 aliphatic heterocycles. The van der Waals surface area contributed by atoms with Gasteiger partial charge in [-0.15, -0.1) is 0 Å². The minimum Gasteiger partial charge on any atom is -0.404 e. The monoisotopic (exact) mass is 233 g/mol. The van der Waals surface area contributed by atoms with E-state index >= 15 is 0 Å². The Morgan fingerprint density at radius 2 is 2.06 bits per heavy atom. The van der Waals surface area contributed by atoms with Gasteiger partial charge in [-0.1, -0.05) is 18.7 Å². The van der Waals surface area contributed by atoms with E-state index in [4.69, 9.17) is 5.73 Å². The molecule has 1 aromatic rings. The molecule has 1 fully saturated rings. The fraction of sp³-hybridized carbons (Fsp3) is 0.286. The van der Waals surface area contributed by atoms with Crippen LogP contribution < -0.4 is 10.7 Å². The van der Waals surface area contributed by atoms with Crippen LogP contribution in [0.3, 0.4) is 0 Å². The zero-order valence-electron chi connectivity index (χ0n) is 9.66. The van der Waals surface area contributed by atoms with Gasteiger partial charge in [0.05, 0.1) is 0 Å². The second kappa shape index (κ2) is 5.04. The minimum absolute atomic E-state index is 0.224. The van der Waals surface area contributed by atoms with Crippen LogP contribution in [0, 0.1) is 0 Å². The van der Waals surface area contributed by atoms with Crippen molar-refractivity contribution in [3.63, 3.8) is 0 Å². The molecular weight excluding hydrogens is 217 g/mol. The lowest BCUT2D eigenvalue weighted by molar-refractivity contribution is -0.00622. The summed E-state index contributed by atoms with van der Waals surface area (Å²) in [6.45, 7) is 4.04. The molecule has 0 amide bonds. The van der Waals surface area contributed by atoms with Crippen LogP contribution in [0.4, 0.5) is 4.53 Å². The average Bonchev–Trinajstić information content (AvgIpc) is 2.38. The van der Waals surface area contributed by atoms with E-state index in [1.807, 2.05) is 12.1 Å². The Labute approximate surface area is 100 Å². The Morgan fingerprint density at radius 1 is 1.35 bits per heavy atom. The van der Waals surface area contributed by atoms with Crippen molar-refractivity contribution in [2.75, 3.05) is 0 Å². The molecule has 0 bridgehead atoms. The number of benzene rings is 1. The molecule has 0 spiro atoms. The number of allylic oxidation sites excluding steroid dienone is 2. The van der Waals surface area contributed by atoms with Crippen LogP contribution in [0.15, 0.2) is 48.2 Å². The molecule has 2 N–H and O–H groups in total. The van der Waals surface area contributed by atoms with Gasteiger partial charge < -0.3 is 5.73 Å². The Balaban J connectivity index is 2.28. The molecule has 0 aromatic heterocycles. The number of hydrogen-bond donors (Lipinski definition) is 1. The predicted octanol–water partition coefficient (Wildman–Crippen LogP) is 3.62. The SMILES string of the molecule is C=C1CCCC(c2ccc(OF)cc2)/C1=C/N. The first-order valence-electron chi connectivity index (χ1n) is 5.74. The van der Waals surface area contributed by atoms with E-state index in [1.165, 1.54) is 0 Å². The van der Waals surface area contributed by atoms with Crippen molar-refractivity contribution in [1.82, 2.24) is 0 Å². The van der Waals surface area contributed by atoms with E-state index in [0.717, 1.165) is 36.0 Å². The molecule has 90 valence electrons. The first-order chi connectivity index (χ1) is 8.26. The van der Waals surface area contributed by atoms with Gasteiger partial charge in [-0.25, -0.2) is 0 Å². The van der Waals surface area contributed by atoms with Gasteiger partial charge in [-0.2, -0.15) is 0 Å². The number of hydrogen-bond acceptors (Lipinski definition) is 2. The summed E-state index contributed by atoms with van der Waals surface area (Å²) in [4.78, 5) is 3.67. The lowest BCUT2D eigenvalue weighted by Crippen LogP contribution is -2.12. The molecule has 0 heterocycles. The van der Waals surface area contributed by atoms with E-state index < -0.39 is 0 Å². The fourth-order valence-corrected chi connectivity index (χ4v) is 2.40. The lowest BCUT2D eigenvalue weighted by atomic mass is 9.78. The van der Waals surface area contributed by atoms with E-state index in [9.17, 15) is 4.53 Å². The molecule has 0 saturated heterocycles. The highest BCUT2D eigenvalue weighted by atomic mass is 19.3. The summed E-state index contributed by atoms with van der Waals surface area (Å²) >= 11 is 0. The van der Waals surface area contributed by atoms with Gasteiger partial charge in [0.25, 0.3) is 0 Å². The molecule has 2 nitrogen and oxygen atoms in total. The molecule has 1 aromatic carbocycles. The Kier molecular flexibility index (Phi) is 3.47. The van der Waals surface area contributed by atoms with Crippen LogP contribution in [0.5, 0.6) is 5.75 Å². The normalized spacial score (nSPS) is 22.8. The molecule has 1 aliphatic rings. The molecule has 1 unspecified atom stereocenters. The van der Waals surface area contributed by atoms with Crippen molar-refractivity contribution in [3.05, 3.63) is 53.8 Å². The molecule has 1 saturated carbocycles. The first-order valence-corrected chi connectivity index (χ1v) is 5.74. The van der Waals surface area contributed by atoms with Crippen molar-refractivity contribution in [1.29, 1.82) is 0 Å². The second-order valence-corrected chi connectivity index (χ2v) is 4.32. The summed E-state index contributed by atoms with van der Waals surface area (Å²) in [7, 11) is 0. The third kappa shape index (κ3) is 2.33. The predicted molar refractivity (Wildman–Crippen MR) is 66.2 cm³/mol. The highest BCUT2D eigenvalue weighted by Gasteiger charge is 2.22. The van der Waals surface area contributed by atoms with Gasteiger partial charge in [0.2, 0.25) is 0 Å². The third-order valence-electron chi connectivity index (χ3n) is 3.31. The second-order valence-electron chi connectivity index (χ2n) is 4.32. The summed E-state index contributed by atoms with van der Waals surface area (Å²) in [5.41, 5.74) is 9.01. The molecule has 2 rings (SSSR count). The topological polar surface area (TPSA) is 35.2 Å². The Bertz CT molecular complexity index is 436. The summed E-state index contributed by atoms with van der Waals surface area (Å²) in [6.07, 6.45) is 4.82. The van der Waals surface area contributed by atoms with Crippen LogP contribution in [-0.4, -0.2) is 0 Å². The quantitative estimate of drug-likeness (QED) is 0.846. The molecule has 17 heavy (non-hydrogen) atoms. The average molecular weight is 233 g/mol. The van der Waals surface area contributed by atoms with E-state index in [1.54, 1.807) is 18.3 Å². The van der Waals surface area contributed by atoms with Crippen molar-refractivity contribution >= 4 is 0 Å². The maximum absolute atomic E-state index is 12.0. The zero-order chi connectivity index (χ0) is 12.3. The van der Waals surface area contributed by atoms with Gasteiger partial charge >= 0.3 is 0 Å². The summed E-state index contributed by atoms with van der Waals surface area (Å²) < 4.78 is 12.0. The molecular formula is C14H16FNO. The van der Waals surface area contributed by atoms with Gasteiger partial charge in [-0.3, -0.25) is 4.94 Å². The first kappa shape index (κ1) is 11.7. The zero-order valence-corrected chi connectivity index (χ0v) is 9.66.